The Hall–Kier alpha value is -2.93. The van der Waals surface area contributed by atoms with Gasteiger partial charge in [0, 0.05) is 11.5 Å². The van der Waals surface area contributed by atoms with Crippen LogP contribution in [-0.2, 0) is 25.7 Å². The van der Waals surface area contributed by atoms with Gasteiger partial charge in [-0.3, -0.25) is 0 Å². The quantitative estimate of drug-likeness (QED) is 0.395. The van der Waals surface area contributed by atoms with E-state index in [0.717, 1.165) is 62.5 Å². The van der Waals surface area contributed by atoms with Crippen molar-refractivity contribution in [3.8, 4) is 0 Å². The van der Waals surface area contributed by atoms with E-state index in [9.17, 15) is 19.5 Å². The van der Waals surface area contributed by atoms with Crippen molar-refractivity contribution in [2.45, 2.75) is 89.4 Å². The van der Waals surface area contributed by atoms with Crippen LogP contribution in [0.2, 0.25) is 0 Å². The molecule has 218 valence electrons. The summed E-state index contributed by atoms with van der Waals surface area (Å²) in [5.41, 5.74) is 0.654. The highest BCUT2D eigenvalue weighted by molar-refractivity contribution is 6.29. The molecule has 1 unspecified atom stereocenters. The highest BCUT2D eigenvalue weighted by Gasteiger charge is 2.78. The molecule has 41 heavy (non-hydrogen) atoms. The van der Waals surface area contributed by atoms with Crippen LogP contribution in [0.25, 0.3) is 0 Å². The predicted molar refractivity (Wildman–Crippen MR) is 149 cm³/mol. The van der Waals surface area contributed by atoms with Gasteiger partial charge in [0.2, 0.25) is 0 Å². The van der Waals surface area contributed by atoms with E-state index in [1.54, 1.807) is 6.26 Å². The zero-order valence-electron chi connectivity index (χ0n) is 23.9. The average molecular weight is 561 g/mol. The topological polar surface area (TPSA) is 103 Å². The average Bonchev–Trinajstić information content (AvgIpc) is 3.72. The molecule has 0 radical (unpaired) electrons. The maximum atomic E-state index is 12.7. The lowest BCUT2D eigenvalue weighted by atomic mass is 9.42. The van der Waals surface area contributed by atoms with Gasteiger partial charge in [-0.2, -0.15) is 0 Å². The number of ether oxygens (including phenoxy) is 2. The van der Waals surface area contributed by atoms with Crippen LogP contribution in [0.1, 0.15) is 82.3 Å². The van der Waals surface area contributed by atoms with Crippen LogP contribution in [0.3, 0.4) is 0 Å². The van der Waals surface area contributed by atoms with Gasteiger partial charge in [-0.05, 0) is 109 Å². The molecule has 1 heterocycles. The van der Waals surface area contributed by atoms with Crippen molar-refractivity contribution >= 4 is 11.9 Å². The maximum absolute atomic E-state index is 12.7. The monoisotopic (exact) mass is 560 g/mol. The molecule has 1 aromatic carbocycles. The third-order valence-electron chi connectivity index (χ3n) is 12.4. The van der Waals surface area contributed by atoms with Gasteiger partial charge in [-0.25, -0.2) is 14.4 Å². The molecule has 5 fully saturated rings. The van der Waals surface area contributed by atoms with Crippen LogP contribution in [0.4, 0.5) is 0 Å². The molecule has 1 N–H and O–H groups in total. The highest BCUT2D eigenvalue weighted by Crippen LogP contribution is 2.79. The molecule has 10 atom stereocenters. The molecule has 0 amide bonds. The van der Waals surface area contributed by atoms with Gasteiger partial charge >= 0.3 is 17.6 Å². The van der Waals surface area contributed by atoms with Crippen LogP contribution >= 0.6 is 0 Å². The Kier molecular flexibility index (Phi) is 6.27. The fourth-order valence-electron chi connectivity index (χ4n) is 10.4. The molecule has 7 nitrogen and oxygen atoms in total. The minimum Gasteiger partial charge on any atom is -0.454 e. The second-order valence-electron chi connectivity index (χ2n) is 14.0. The first-order valence-corrected chi connectivity index (χ1v) is 15.4. The van der Waals surface area contributed by atoms with E-state index in [1.165, 1.54) is 6.07 Å². The first kappa shape index (κ1) is 26.9. The summed E-state index contributed by atoms with van der Waals surface area (Å²) in [6.07, 6.45) is 8.77. The Bertz CT molecular complexity index is 1380. The van der Waals surface area contributed by atoms with Gasteiger partial charge in [0.15, 0.2) is 0 Å². The molecule has 7 rings (SSSR count). The molecule has 5 aliphatic rings. The van der Waals surface area contributed by atoms with Gasteiger partial charge in [-0.1, -0.05) is 44.2 Å². The summed E-state index contributed by atoms with van der Waals surface area (Å²) in [5, 5.41) is 12.7. The zero-order chi connectivity index (χ0) is 28.6. The zero-order valence-corrected chi connectivity index (χ0v) is 23.9. The summed E-state index contributed by atoms with van der Waals surface area (Å²) in [6, 6.07) is 12.7. The van der Waals surface area contributed by atoms with Gasteiger partial charge in [0.25, 0.3) is 0 Å². The number of aliphatic hydroxyl groups is 1. The minimum atomic E-state index is -0.938. The summed E-state index contributed by atoms with van der Waals surface area (Å²) in [6.45, 7) is 4.73. The van der Waals surface area contributed by atoms with Crippen molar-refractivity contribution in [3.05, 3.63) is 70.3 Å². The Morgan fingerprint density at radius 3 is 2.49 bits per heavy atom. The molecule has 0 bridgehead atoms. The molecule has 5 saturated carbocycles. The van der Waals surface area contributed by atoms with Crippen molar-refractivity contribution in [1.29, 1.82) is 0 Å². The van der Waals surface area contributed by atoms with Crippen LogP contribution in [0, 0.1) is 40.4 Å². The van der Waals surface area contributed by atoms with Crippen LogP contribution in [0.5, 0.6) is 0 Å². The lowest BCUT2D eigenvalue weighted by Crippen LogP contribution is -2.63. The Morgan fingerprint density at radius 1 is 0.927 bits per heavy atom. The number of rotatable bonds is 4. The van der Waals surface area contributed by atoms with E-state index < -0.39 is 17.5 Å². The first-order chi connectivity index (χ1) is 19.6. The molecular weight excluding hydrogens is 520 g/mol. The minimum absolute atomic E-state index is 0.0481. The SMILES string of the molecule is C[C@]12CC[C@H](OC(=O)C(=O)OCc3ccccc3)C[C@H]1CC[C@@H]1[C@@H]2CC[C@]2(C)[C@@H](c3ccc(=O)oc3)C3C[C@H]3[C@]12O. The van der Waals surface area contributed by atoms with Crippen molar-refractivity contribution in [3.63, 3.8) is 0 Å². The van der Waals surface area contributed by atoms with E-state index in [1.807, 2.05) is 36.4 Å². The number of carbonyl (C=O) groups is 2. The van der Waals surface area contributed by atoms with Gasteiger partial charge in [0.1, 0.15) is 12.7 Å². The van der Waals surface area contributed by atoms with E-state index in [-0.39, 0.29) is 41.0 Å². The Balaban J connectivity index is 1.03. The Labute approximate surface area is 240 Å². The largest absolute Gasteiger partial charge is 0.454 e. The number of fused-ring (bicyclic) bond motifs is 7. The van der Waals surface area contributed by atoms with E-state index >= 15 is 0 Å². The van der Waals surface area contributed by atoms with E-state index in [2.05, 4.69) is 13.8 Å². The predicted octanol–water partition coefficient (Wildman–Crippen LogP) is 5.39. The van der Waals surface area contributed by atoms with Crippen LogP contribution in [-0.4, -0.2) is 28.8 Å². The summed E-state index contributed by atoms with van der Waals surface area (Å²) < 4.78 is 16.1. The third-order valence-corrected chi connectivity index (χ3v) is 12.4. The van der Waals surface area contributed by atoms with Gasteiger partial charge < -0.3 is 19.0 Å². The standard InChI is InChI=1S/C34H40O7/c1-32-14-12-23(41-31(37)30(36)40-18-20-6-4-3-5-7-20)16-22(32)9-10-26-25(32)13-15-33(2)29(21-8-11-28(35)39-19-21)24-17-27(24)34(26,33)38/h3-8,11,19,22-27,29,38H,9-10,12-18H2,1-2H3/t22-,23+,24?,25+,26-,27-,29+,32+,33-,34-/m1/s1. The van der Waals surface area contributed by atoms with E-state index in [4.69, 9.17) is 13.9 Å². The van der Waals surface area contributed by atoms with Crippen molar-refractivity contribution < 1.29 is 28.6 Å². The number of carbonyl (C=O) groups excluding carboxylic acids is 2. The Morgan fingerprint density at radius 2 is 1.73 bits per heavy atom. The van der Waals surface area contributed by atoms with Crippen LogP contribution < -0.4 is 5.63 Å². The molecule has 0 aliphatic heterocycles. The lowest BCUT2D eigenvalue weighted by molar-refractivity contribution is -0.219. The van der Waals surface area contributed by atoms with E-state index in [0.29, 0.717) is 23.7 Å². The third kappa shape index (κ3) is 4.05. The number of hydrogen-bond donors (Lipinski definition) is 1. The maximum Gasteiger partial charge on any atom is 0.417 e. The summed E-state index contributed by atoms with van der Waals surface area (Å²) in [4.78, 5) is 36.5. The van der Waals surface area contributed by atoms with Crippen molar-refractivity contribution in [2.24, 2.45) is 40.4 Å². The molecule has 0 saturated heterocycles. The molecule has 1 aromatic heterocycles. The van der Waals surface area contributed by atoms with Crippen molar-refractivity contribution in [2.75, 3.05) is 0 Å². The van der Waals surface area contributed by atoms with Crippen molar-refractivity contribution in [1.82, 2.24) is 0 Å². The number of hydrogen-bond acceptors (Lipinski definition) is 7. The molecule has 0 spiro atoms. The normalized spacial score (nSPS) is 42.2. The smallest absolute Gasteiger partial charge is 0.417 e. The molecule has 5 aliphatic carbocycles. The summed E-state index contributed by atoms with van der Waals surface area (Å²) in [5.74, 6) is 0.164. The molecular formula is C34H40O7. The summed E-state index contributed by atoms with van der Waals surface area (Å²) in [7, 11) is 0. The second kappa shape index (κ2) is 9.55. The summed E-state index contributed by atoms with van der Waals surface area (Å²) >= 11 is 0. The van der Waals surface area contributed by atoms with Crippen LogP contribution in [0.15, 0.2) is 57.9 Å². The lowest BCUT2D eigenvalue weighted by Gasteiger charge is -2.64. The number of esters is 2. The first-order valence-electron chi connectivity index (χ1n) is 15.4. The van der Waals surface area contributed by atoms with Gasteiger partial charge in [0.05, 0.1) is 11.9 Å². The molecule has 7 heteroatoms. The fourth-order valence-corrected chi connectivity index (χ4v) is 10.4. The fraction of sp³-hybridized carbons (Fsp3) is 0.618. The highest BCUT2D eigenvalue weighted by atomic mass is 16.6. The number of benzene rings is 1. The molecule has 2 aromatic rings. The second-order valence-corrected chi connectivity index (χ2v) is 14.0. The van der Waals surface area contributed by atoms with Gasteiger partial charge in [-0.15, -0.1) is 0 Å².